The number of hydrogen-bond donors (Lipinski definition) is 2. The van der Waals surface area contributed by atoms with Gasteiger partial charge in [-0.3, -0.25) is 4.99 Å². The molecule has 0 spiro atoms. The van der Waals surface area contributed by atoms with Crippen molar-refractivity contribution in [1.29, 1.82) is 0 Å². The third-order valence-electron chi connectivity index (χ3n) is 5.54. The molecule has 2 heterocycles. The lowest BCUT2D eigenvalue weighted by molar-refractivity contribution is 0.0793. The second kappa shape index (κ2) is 12.1. The molecule has 0 amide bonds. The highest BCUT2D eigenvalue weighted by atomic mass is 32.2. The van der Waals surface area contributed by atoms with Crippen molar-refractivity contribution >= 4 is 17.7 Å². The van der Waals surface area contributed by atoms with Crippen molar-refractivity contribution in [3.8, 4) is 0 Å². The van der Waals surface area contributed by atoms with Crippen LogP contribution in [0.2, 0.25) is 0 Å². The van der Waals surface area contributed by atoms with Gasteiger partial charge in [-0.1, -0.05) is 13.8 Å². The molecule has 0 saturated carbocycles. The largest absolute Gasteiger partial charge is 0.381 e. The molecule has 5 nitrogen and oxygen atoms in total. The van der Waals surface area contributed by atoms with Gasteiger partial charge in [0.1, 0.15) is 0 Å². The lowest BCUT2D eigenvalue weighted by atomic mass is 9.99. The predicted octanol–water partition coefficient (Wildman–Crippen LogP) is 2.97. The number of hydrogen-bond acceptors (Lipinski definition) is 4. The maximum Gasteiger partial charge on any atom is 0.191 e. The summed E-state index contributed by atoms with van der Waals surface area (Å²) in [5.41, 5.74) is 0. The fraction of sp³-hybridized carbons (Fsp3) is 0.950. The minimum Gasteiger partial charge on any atom is -0.381 e. The monoisotopic (exact) mass is 384 g/mol. The van der Waals surface area contributed by atoms with E-state index in [1.807, 2.05) is 0 Å². The van der Waals surface area contributed by atoms with Crippen LogP contribution in [0.4, 0.5) is 0 Å². The Bertz CT molecular complexity index is 399. The van der Waals surface area contributed by atoms with Gasteiger partial charge in [-0.25, -0.2) is 0 Å². The fourth-order valence-electron chi connectivity index (χ4n) is 3.76. The van der Waals surface area contributed by atoms with Gasteiger partial charge in [-0.15, -0.1) is 0 Å². The van der Waals surface area contributed by atoms with Gasteiger partial charge in [0, 0.05) is 31.1 Å². The van der Waals surface area contributed by atoms with Crippen molar-refractivity contribution in [3.63, 3.8) is 0 Å². The summed E-state index contributed by atoms with van der Waals surface area (Å²) in [6.07, 6.45) is 6.13. The second-order valence-corrected chi connectivity index (χ2v) is 9.46. The smallest absolute Gasteiger partial charge is 0.191 e. The molecule has 0 aromatic carbocycles. The van der Waals surface area contributed by atoms with Crippen LogP contribution in [0.15, 0.2) is 4.99 Å². The van der Waals surface area contributed by atoms with Crippen LogP contribution in [-0.2, 0) is 4.74 Å². The molecule has 0 bridgehead atoms. The quantitative estimate of drug-likeness (QED) is 0.364. The first-order valence-electron chi connectivity index (χ1n) is 10.6. The van der Waals surface area contributed by atoms with Crippen LogP contribution in [0.1, 0.15) is 52.9 Å². The van der Waals surface area contributed by atoms with Crippen molar-refractivity contribution in [2.45, 2.75) is 57.6 Å². The first-order valence-corrected chi connectivity index (χ1v) is 11.6. The minimum absolute atomic E-state index is 0.264. The van der Waals surface area contributed by atoms with E-state index in [1.54, 1.807) is 0 Å². The fourth-order valence-corrected chi connectivity index (χ4v) is 4.98. The van der Waals surface area contributed by atoms with Crippen molar-refractivity contribution in [2.24, 2.45) is 10.9 Å². The van der Waals surface area contributed by atoms with E-state index in [0.29, 0.717) is 0 Å². The number of ether oxygens (including phenoxy) is 1. The number of aliphatic imine (C=N–C) groups is 1. The van der Waals surface area contributed by atoms with E-state index >= 15 is 0 Å². The Morgan fingerprint density at radius 2 is 1.92 bits per heavy atom. The van der Waals surface area contributed by atoms with Crippen LogP contribution in [0.25, 0.3) is 0 Å². The van der Waals surface area contributed by atoms with Gasteiger partial charge >= 0.3 is 0 Å². The first-order chi connectivity index (χ1) is 12.7. The summed E-state index contributed by atoms with van der Waals surface area (Å²) in [6.45, 7) is 15.0. The molecule has 2 rings (SSSR count). The lowest BCUT2D eigenvalue weighted by Crippen LogP contribution is -2.42. The Labute approximate surface area is 165 Å². The SMILES string of the molecule is CCNC(=NCC1(SCC)CCOCC1)NCCCN1CCC(C)CC1. The Morgan fingerprint density at radius 1 is 1.19 bits per heavy atom. The topological polar surface area (TPSA) is 48.9 Å². The highest BCUT2D eigenvalue weighted by Crippen LogP contribution is 2.35. The average Bonchev–Trinajstić information content (AvgIpc) is 2.65. The van der Waals surface area contributed by atoms with Crippen LogP contribution in [0.5, 0.6) is 0 Å². The van der Waals surface area contributed by atoms with Gasteiger partial charge in [0.05, 0.1) is 6.54 Å². The second-order valence-electron chi connectivity index (χ2n) is 7.73. The molecule has 0 unspecified atom stereocenters. The number of nitrogens with one attached hydrogen (secondary N) is 2. The van der Waals surface area contributed by atoms with Crippen LogP contribution >= 0.6 is 11.8 Å². The zero-order chi connectivity index (χ0) is 18.7. The molecule has 0 aliphatic carbocycles. The molecule has 0 radical (unpaired) electrons. The van der Waals surface area contributed by atoms with Crippen molar-refractivity contribution < 1.29 is 4.74 Å². The summed E-state index contributed by atoms with van der Waals surface area (Å²) in [6, 6.07) is 0. The first kappa shape index (κ1) is 21.8. The normalized spacial score (nSPS) is 22.3. The lowest BCUT2D eigenvalue weighted by Gasteiger charge is -2.35. The molecule has 0 atom stereocenters. The van der Waals surface area contributed by atoms with Crippen LogP contribution in [-0.4, -0.2) is 73.8 Å². The highest BCUT2D eigenvalue weighted by molar-refractivity contribution is 8.00. The Morgan fingerprint density at radius 3 is 2.58 bits per heavy atom. The Kier molecular flexibility index (Phi) is 10.2. The predicted molar refractivity (Wildman–Crippen MR) is 114 cm³/mol. The van der Waals surface area contributed by atoms with E-state index in [-0.39, 0.29) is 4.75 Å². The zero-order valence-electron chi connectivity index (χ0n) is 17.2. The molecule has 2 aliphatic heterocycles. The van der Waals surface area contributed by atoms with Crippen molar-refractivity contribution in [1.82, 2.24) is 15.5 Å². The molecule has 2 saturated heterocycles. The van der Waals surface area contributed by atoms with E-state index in [0.717, 1.165) is 63.3 Å². The van der Waals surface area contributed by atoms with E-state index in [2.05, 4.69) is 48.1 Å². The van der Waals surface area contributed by atoms with Gasteiger partial charge in [-0.2, -0.15) is 11.8 Å². The number of rotatable bonds is 9. The minimum atomic E-state index is 0.264. The molecular weight excluding hydrogens is 344 g/mol. The number of guanidine groups is 1. The van der Waals surface area contributed by atoms with Gasteiger partial charge in [-0.05, 0) is 70.3 Å². The maximum absolute atomic E-state index is 5.57. The molecular formula is C20H40N4OS. The molecule has 0 aromatic heterocycles. The van der Waals surface area contributed by atoms with E-state index < -0.39 is 0 Å². The van der Waals surface area contributed by atoms with Crippen LogP contribution in [0, 0.1) is 5.92 Å². The van der Waals surface area contributed by atoms with Gasteiger partial charge in [0.2, 0.25) is 0 Å². The molecule has 2 aliphatic rings. The number of nitrogens with zero attached hydrogens (tertiary/aromatic N) is 2. The van der Waals surface area contributed by atoms with Crippen molar-refractivity contribution in [2.75, 3.05) is 58.2 Å². The number of likely N-dealkylation sites (tertiary alicyclic amines) is 1. The van der Waals surface area contributed by atoms with Gasteiger partial charge in [0.15, 0.2) is 5.96 Å². The van der Waals surface area contributed by atoms with E-state index in [9.17, 15) is 0 Å². The highest BCUT2D eigenvalue weighted by Gasteiger charge is 2.32. The standard InChI is InChI=1S/C20H40N4OS/c1-4-21-19(22-11-6-12-24-13-7-18(3)8-14-24)23-17-20(26-5-2)9-15-25-16-10-20/h18H,4-17H2,1-3H3,(H2,21,22,23). The third-order valence-corrected chi connectivity index (χ3v) is 6.98. The molecule has 26 heavy (non-hydrogen) atoms. The summed E-state index contributed by atoms with van der Waals surface area (Å²) in [7, 11) is 0. The summed E-state index contributed by atoms with van der Waals surface area (Å²) in [5, 5.41) is 6.95. The van der Waals surface area contributed by atoms with Crippen LogP contribution in [0.3, 0.4) is 0 Å². The summed E-state index contributed by atoms with van der Waals surface area (Å²) in [5.74, 6) is 3.03. The molecule has 6 heteroatoms. The van der Waals surface area contributed by atoms with Gasteiger partial charge in [0.25, 0.3) is 0 Å². The molecule has 152 valence electrons. The van der Waals surface area contributed by atoms with E-state index in [1.165, 1.54) is 38.9 Å². The molecule has 2 fully saturated rings. The zero-order valence-corrected chi connectivity index (χ0v) is 18.0. The Balaban J connectivity index is 1.74. The van der Waals surface area contributed by atoms with E-state index in [4.69, 9.17) is 9.73 Å². The van der Waals surface area contributed by atoms with Gasteiger partial charge < -0.3 is 20.3 Å². The number of thioether (sulfide) groups is 1. The molecule has 2 N–H and O–H groups in total. The Hall–Kier alpha value is -0.460. The summed E-state index contributed by atoms with van der Waals surface area (Å²) < 4.78 is 5.84. The van der Waals surface area contributed by atoms with Crippen LogP contribution < -0.4 is 10.6 Å². The van der Waals surface area contributed by atoms with Crippen molar-refractivity contribution in [3.05, 3.63) is 0 Å². The summed E-state index contributed by atoms with van der Waals surface area (Å²) >= 11 is 2.06. The third kappa shape index (κ3) is 7.65. The molecule has 0 aromatic rings. The average molecular weight is 385 g/mol. The number of piperidine rings is 1. The summed E-state index contributed by atoms with van der Waals surface area (Å²) in [4.78, 5) is 7.54. The maximum atomic E-state index is 5.57.